The third-order valence-corrected chi connectivity index (χ3v) is 4.38. The summed E-state index contributed by atoms with van der Waals surface area (Å²) in [5.74, 6) is 0.749. The number of aromatic nitrogens is 1. The predicted octanol–water partition coefficient (Wildman–Crippen LogP) is 3.98. The number of aliphatic hydroxyl groups is 1. The van der Waals surface area contributed by atoms with Gasteiger partial charge in [0.1, 0.15) is 5.75 Å². The fraction of sp³-hybridized carbons (Fsp3) is 0.250. The molecule has 0 radical (unpaired) electrons. The van der Waals surface area contributed by atoms with E-state index in [9.17, 15) is 5.11 Å². The second-order valence-electron chi connectivity index (χ2n) is 6.04. The van der Waals surface area contributed by atoms with Gasteiger partial charge in [0.15, 0.2) is 0 Å². The molecule has 0 spiro atoms. The second kappa shape index (κ2) is 9.76. The first-order chi connectivity index (χ1) is 12.6. The maximum Gasteiger partial charge on any atom is 0.121 e. The van der Waals surface area contributed by atoms with E-state index in [1.807, 2.05) is 55.6 Å². The highest BCUT2D eigenvalue weighted by Crippen LogP contribution is 2.31. The standard InChI is InChI=1S/C20H22ClN3O2.ClH/c1-22-11-15(25)12-23-19-10-18(13-3-5-14(21)6-4-13)24-20-9-16(26-2)7-8-17(19)20;/h3-10,15,22,25H,11-12H2,1-2H3,(H,23,24);1H/t15-;/m0./s1. The van der Waals surface area contributed by atoms with Crippen molar-refractivity contribution in [3.63, 3.8) is 0 Å². The van der Waals surface area contributed by atoms with Crippen molar-refractivity contribution in [2.45, 2.75) is 6.10 Å². The molecule has 0 bridgehead atoms. The third kappa shape index (κ3) is 5.23. The number of nitrogens with one attached hydrogen (secondary N) is 2. The van der Waals surface area contributed by atoms with Crippen molar-refractivity contribution in [2.24, 2.45) is 0 Å². The van der Waals surface area contributed by atoms with Gasteiger partial charge < -0.3 is 20.5 Å². The fourth-order valence-electron chi connectivity index (χ4n) is 2.79. The highest BCUT2D eigenvalue weighted by Gasteiger charge is 2.10. The molecule has 3 aromatic rings. The Morgan fingerprint density at radius 2 is 1.85 bits per heavy atom. The van der Waals surface area contributed by atoms with Gasteiger partial charge in [0.2, 0.25) is 0 Å². The Kier molecular flexibility index (Phi) is 7.68. The highest BCUT2D eigenvalue weighted by atomic mass is 35.5. The van der Waals surface area contributed by atoms with Crippen LogP contribution in [0.5, 0.6) is 5.75 Å². The van der Waals surface area contributed by atoms with Gasteiger partial charge >= 0.3 is 0 Å². The number of hydrogen-bond acceptors (Lipinski definition) is 5. The molecule has 27 heavy (non-hydrogen) atoms. The van der Waals surface area contributed by atoms with Crippen LogP contribution in [0.2, 0.25) is 5.02 Å². The molecule has 0 aliphatic heterocycles. The van der Waals surface area contributed by atoms with Gasteiger partial charge in [-0.25, -0.2) is 4.98 Å². The molecule has 144 valence electrons. The number of ether oxygens (including phenoxy) is 1. The van der Waals surface area contributed by atoms with E-state index in [1.54, 1.807) is 7.11 Å². The normalized spacial score (nSPS) is 11.7. The molecule has 2 aromatic carbocycles. The van der Waals surface area contributed by atoms with Gasteiger partial charge in [0.25, 0.3) is 0 Å². The zero-order chi connectivity index (χ0) is 18.5. The van der Waals surface area contributed by atoms with E-state index in [0.717, 1.165) is 33.6 Å². The van der Waals surface area contributed by atoms with E-state index in [0.29, 0.717) is 18.1 Å². The van der Waals surface area contributed by atoms with Gasteiger partial charge in [-0.15, -0.1) is 12.4 Å². The number of fused-ring (bicyclic) bond motifs is 1. The van der Waals surface area contributed by atoms with Crippen LogP contribution in [0, 0.1) is 0 Å². The zero-order valence-corrected chi connectivity index (χ0v) is 16.8. The second-order valence-corrected chi connectivity index (χ2v) is 6.47. The van der Waals surface area contributed by atoms with Crippen LogP contribution in [0.1, 0.15) is 0 Å². The molecule has 0 unspecified atom stereocenters. The number of aliphatic hydroxyl groups excluding tert-OH is 1. The van der Waals surface area contributed by atoms with Crippen LogP contribution in [0.4, 0.5) is 5.69 Å². The van der Waals surface area contributed by atoms with Crippen molar-refractivity contribution in [1.82, 2.24) is 10.3 Å². The first-order valence-corrected chi connectivity index (χ1v) is 8.80. The number of anilines is 1. The minimum atomic E-state index is -0.486. The van der Waals surface area contributed by atoms with Gasteiger partial charge in [-0.05, 0) is 37.4 Å². The molecule has 3 rings (SSSR count). The summed E-state index contributed by atoms with van der Waals surface area (Å²) in [6.07, 6.45) is -0.486. The Bertz CT molecular complexity index is 888. The maximum absolute atomic E-state index is 10.0. The van der Waals surface area contributed by atoms with Crippen molar-refractivity contribution < 1.29 is 9.84 Å². The molecule has 3 N–H and O–H groups in total. The van der Waals surface area contributed by atoms with Crippen LogP contribution in [-0.4, -0.2) is 43.4 Å². The lowest BCUT2D eigenvalue weighted by atomic mass is 10.1. The Balaban J connectivity index is 0.00000261. The number of likely N-dealkylation sites (N-methyl/N-ethyl adjacent to an activating group) is 1. The summed E-state index contributed by atoms with van der Waals surface area (Å²) in [7, 11) is 3.45. The molecule has 0 amide bonds. The van der Waals surface area contributed by atoms with Crippen molar-refractivity contribution in [2.75, 3.05) is 32.6 Å². The fourth-order valence-corrected chi connectivity index (χ4v) is 2.91. The number of hydrogen-bond donors (Lipinski definition) is 3. The maximum atomic E-state index is 10.0. The van der Waals surface area contributed by atoms with Crippen LogP contribution in [0.3, 0.4) is 0 Å². The summed E-state index contributed by atoms with van der Waals surface area (Å²) in [6.45, 7) is 0.958. The van der Waals surface area contributed by atoms with E-state index in [2.05, 4.69) is 10.6 Å². The van der Waals surface area contributed by atoms with Gasteiger partial charge in [0.05, 0.1) is 24.4 Å². The number of nitrogens with zero attached hydrogens (tertiary/aromatic N) is 1. The smallest absolute Gasteiger partial charge is 0.121 e. The molecule has 7 heteroatoms. The zero-order valence-electron chi connectivity index (χ0n) is 15.2. The number of halogens is 2. The lowest BCUT2D eigenvalue weighted by Gasteiger charge is -2.16. The van der Waals surface area contributed by atoms with Gasteiger partial charge in [-0.2, -0.15) is 0 Å². The molecule has 0 saturated carbocycles. The SMILES string of the molecule is CNC[C@H](O)CNc1cc(-c2ccc(Cl)cc2)nc2cc(OC)ccc12.Cl. The molecular formula is C20H23Cl2N3O2. The van der Waals surface area contributed by atoms with E-state index in [-0.39, 0.29) is 12.4 Å². The monoisotopic (exact) mass is 407 g/mol. The Morgan fingerprint density at radius 3 is 2.52 bits per heavy atom. The lowest BCUT2D eigenvalue weighted by molar-refractivity contribution is 0.187. The van der Waals surface area contributed by atoms with E-state index >= 15 is 0 Å². The minimum Gasteiger partial charge on any atom is -0.497 e. The first-order valence-electron chi connectivity index (χ1n) is 8.42. The molecule has 0 saturated heterocycles. The van der Waals surface area contributed by atoms with Gasteiger partial charge in [-0.3, -0.25) is 0 Å². The Morgan fingerprint density at radius 1 is 1.11 bits per heavy atom. The van der Waals surface area contributed by atoms with Crippen LogP contribution >= 0.6 is 24.0 Å². The quantitative estimate of drug-likeness (QED) is 0.552. The minimum absolute atomic E-state index is 0. The topological polar surface area (TPSA) is 66.4 Å². The third-order valence-electron chi connectivity index (χ3n) is 4.12. The van der Waals surface area contributed by atoms with E-state index < -0.39 is 6.10 Å². The summed E-state index contributed by atoms with van der Waals surface area (Å²) in [6, 6.07) is 15.3. The van der Waals surface area contributed by atoms with Crippen LogP contribution in [0.25, 0.3) is 22.2 Å². The van der Waals surface area contributed by atoms with Gasteiger partial charge in [0, 0.05) is 40.8 Å². The summed E-state index contributed by atoms with van der Waals surface area (Å²) in [5.41, 5.74) is 3.53. The number of rotatable bonds is 7. The number of pyridine rings is 1. The largest absolute Gasteiger partial charge is 0.497 e. The van der Waals surface area contributed by atoms with Crippen LogP contribution in [0.15, 0.2) is 48.5 Å². The van der Waals surface area contributed by atoms with E-state index in [1.165, 1.54) is 0 Å². The molecule has 5 nitrogen and oxygen atoms in total. The van der Waals surface area contributed by atoms with Crippen molar-refractivity contribution >= 4 is 40.6 Å². The highest BCUT2D eigenvalue weighted by molar-refractivity contribution is 6.30. The molecular weight excluding hydrogens is 385 g/mol. The molecule has 0 aliphatic carbocycles. The number of benzene rings is 2. The van der Waals surface area contributed by atoms with Crippen LogP contribution in [-0.2, 0) is 0 Å². The summed E-state index contributed by atoms with van der Waals surface area (Å²) >= 11 is 6.00. The summed E-state index contributed by atoms with van der Waals surface area (Å²) < 4.78 is 5.33. The molecule has 1 aromatic heterocycles. The number of methoxy groups -OCH3 is 1. The predicted molar refractivity (Wildman–Crippen MR) is 114 cm³/mol. The molecule has 0 aliphatic rings. The lowest BCUT2D eigenvalue weighted by Crippen LogP contribution is -2.30. The van der Waals surface area contributed by atoms with Crippen LogP contribution < -0.4 is 15.4 Å². The summed E-state index contributed by atoms with van der Waals surface area (Å²) in [5, 5.41) is 18.0. The average Bonchev–Trinajstić information content (AvgIpc) is 2.66. The van der Waals surface area contributed by atoms with Crippen molar-refractivity contribution in [3.8, 4) is 17.0 Å². The first kappa shape index (κ1) is 21.3. The Hall–Kier alpha value is -2.05. The Labute approximate surface area is 170 Å². The van der Waals surface area contributed by atoms with Crippen molar-refractivity contribution in [1.29, 1.82) is 0 Å². The van der Waals surface area contributed by atoms with Crippen molar-refractivity contribution in [3.05, 3.63) is 53.6 Å². The average molecular weight is 408 g/mol. The van der Waals surface area contributed by atoms with E-state index in [4.69, 9.17) is 21.3 Å². The molecule has 1 atom stereocenters. The van der Waals surface area contributed by atoms with Gasteiger partial charge in [-0.1, -0.05) is 23.7 Å². The summed E-state index contributed by atoms with van der Waals surface area (Å²) in [4.78, 5) is 4.77. The molecule has 1 heterocycles. The molecule has 0 fully saturated rings.